The Morgan fingerprint density at radius 3 is 2.65 bits per heavy atom. The molecule has 0 radical (unpaired) electrons. The predicted molar refractivity (Wildman–Crippen MR) is 88.0 cm³/mol. The van der Waals surface area contributed by atoms with Crippen molar-refractivity contribution in [1.29, 1.82) is 0 Å². The molecule has 0 bridgehead atoms. The molecular weight excluding hydrogens is 292 g/mol. The fourth-order valence-corrected chi connectivity index (χ4v) is 3.50. The van der Waals surface area contributed by atoms with Crippen LogP contribution in [-0.4, -0.2) is 18.0 Å². The number of fused-ring (bicyclic) bond motifs is 1. The summed E-state index contributed by atoms with van der Waals surface area (Å²) < 4.78 is 0. The summed E-state index contributed by atoms with van der Waals surface area (Å²) in [6.45, 7) is 6.66. The summed E-state index contributed by atoms with van der Waals surface area (Å²) in [5, 5.41) is 3.11. The van der Waals surface area contributed by atoms with Gasteiger partial charge in [-0.25, -0.2) is 0 Å². The summed E-state index contributed by atoms with van der Waals surface area (Å²) in [6, 6.07) is 2.08. The molecule has 5 heteroatoms. The number of aryl methyl sites for hydroxylation is 2. The average Bonchev–Trinajstić information content (AvgIpc) is 2.82. The molecular formula is C15H25ClN2OS. The van der Waals surface area contributed by atoms with Gasteiger partial charge in [-0.1, -0.05) is 13.8 Å². The van der Waals surface area contributed by atoms with Crippen LogP contribution in [0.5, 0.6) is 0 Å². The van der Waals surface area contributed by atoms with Gasteiger partial charge in [-0.2, -0.15) is 0 Å². The molecule has 1 aromatic heterocycles. The van der Waals surface area contributed by atoms with Gasteiger partial charge < -0.3 is 11.1 Å². The van der Waals surface area contributed by atoms with E-state index in [0.717, 1.165) is 17.7 Å². The Morgan fingerprint density at radius 1 is 1.45 bits per heavy atom. The Kier molecular flexibility index (Phi) is 6.05. The highest BCUT2D eigenvalue weighted by molar-refractivity contribution is 7.14. The van der Waals surface area contributed by atoms with E-state index in [1.165, 1.54) is 23.3 Å². The van der Waals surface area contributed by atoms with E-state index in [1.54, 1.807) is 11.3 Å². The van der Waals surface area contributed by atoms with Crippen LogP contribution in [0.4, 0.5) is 0 Å². The first-order valence-electron chi connectivity index (χ1n) is 7.10. The lowest BCUT2D eigenvalue weighted by molar-refractivity contribution is 0.0887. The summed E-state index contributed by atoms with van der Waals surface area (Å²) in [6.07, 6.45) is 4.75. The minimum absolute atomic E-state index is 0. The summed E-state index contributed by atoms with van der Waals surface area (Å²) >= 11 is 1.65. The highest BCUT2D eigenvalue weighted by Crippen LogP contribution is 2.30. The molecule has 0 saturated heterocycles. The van der Waals surface area contributed by atoms with Crippen molar-refractivity contribution in [2.45, 2.75) is 52.0 Å². The number of hydrogen-bond acceptors (Lipinski definition) is 3. The smallest absolute Gasteiger partial charge is 0.261 e. The number of amides is 1. The highest BCUT2D eigenvalue weighted by Gasteiger charge is 2.29. The minimum Gasteiger partial charge on any atom is -0.345 e. The molecule has 1 atom stereocenters. The van der Waals surface area contributed by atoms with Gasteiger partial charge >= 0.3 is 0 Å². The molecule has 1 aliphatic carbocycles. The molecule has 3 N–H and O–H groups in total. The van der Waals surface area contributed by atoms with Crippen molar-refractivity contribution in [3.63, 3.8) is 0 Å². The zero-order valence-corrected chi connectivity index (χ0v) is 14.1. The van der Waals surface area contributed by atoms with Crippen LogP contribution in [0.3, 0.4) is 0 Å². The summed E-state index contributed by atoms with van der Waals surface area (Å²) in [7, 11) is 0. The molecule has 0 spiro atoms. The van der Waals surface area contributed by atoms with E-state index in [4.69, 9.17) is 5.73 Å². The Balaban J connectivity index is 0.00000200. The number of nitrogens with one attached hydrogen (secondary N) is 1. The fraction of sp³-hybridized carbons (Fsp3) is 0.667. The first kappa shape index (κ1) is 17.5. The largest absolute Gasteiger partial charge is 0.345 e. The van der Waals surface area contributed by atoms with Gasteiger partial charge in [0.05, 0.1) is 10.4 Å². The molecule has 1 heterocycles. The van der Waals surface area contributed by atoms with Gasteiger partial charge in [0.2, 0.25) is 0 Å². The maximum Gasteiger partial charge on any atom is 0.261 e. The van der Waals surface area contributed by atoms with E-state index in [9.17, 15) is 4.79 Å². The standard InChI is InChI=1S/C15H24N2OS.ClH/c1-10(2)15(3,9-16)17-14(18)13-8-11-6-4-5-7-12(11)19-13;/h8,10H,4-7,9,16H2,1-3H3,(H,17,18);1H. The van der Waals surface area contributed by atoms with E-state index in [-0.39, 0.29) is 23.9 Å². The van der Waals surface area contributed by atoms with E-state index in [0.29, 0.717) is 12.5 Å². The molecule has 1 amide bonds. The quantitative estimate of drug-likeness (QED) is 0.896. The number of carbonyl (C=O) groups is 1. The third kappa shape index (κ3) is 3.54. The predicted octanol–water partition coefficient (Wildman–Crippen LogP) is 3.15. The Hall–Kier alpha value is -0.580. The summed E-state index contributed by atoms with van der Waals surface area (Å²) in [5.74, 6) is 0.345. The average molecular weight is 317 g/mol. The topological polar surface area (TPSA) is 55.1 Å². The molecule has 114 valence electrons. The second-order valence-electron chi connectivity index (χ2n) is 6.00. The van der Waals surface area contributed by atoms with Crippen LogP contribution >= 0.6 is 23.7 Å². The third-order valence-corrected chi connectivity index (χ3v) is 5.55. The Labute approximate surface area is 131 Å². The van der Waals surface area contributed by atoms with Crippen molar-refractivity contribution >= 4 is 29.7 Å². The number of hydrogen-bond donors (Lipinski definition) is 2. The first-order chi connectivity index (χ1) is 8.96. The van der Waals surface area contributed by atoms with Crippen LogP contribution in [0.1, 0.15) is 53.7 Å². The molecule has 1 unspecified atom stereocenters. The second kappa shape index (κ2) is 6.92. The van der Waals surface area contributed by atoms with Gasteiger partial charge in [0.15, 0.2) is 0 Å². The van der Waals surface area contributed by atoms with Gasteiger partial charge in [0, 0.05) is 11.4 Å². The zero-order valence-electron chi connectivity index (χ0n) is 12.5. The third-order valence-electron chi connectivity index (χ3n) is 4.32. The van der Waals surface area contributed by atoms with Gasteiger partial charge in [0.25, 0.3) is 5.91 Å². The molecule has 0 aromatic carbocycles. The van der Waals surface area contributed by atoms with E-state index < -0.39 is 0 Å². The normalized spacial score (nSPS) is 17.1. The van der Waals surface area contributed by atoms with E-state index >= 15 is 0 Å². The minimum atomic E-state index is -0.332. The maximum atomic E-state index is 12.4. The zero-order chi connectivity index (χ0) is 14.0. The Morgan fingerprint density at radius 2 is 2.10 bits per heavy atom. The van der Waals surface area contributed by atoms with Crippen molar-refractivity contribution in [2.24, 2.45) is 11.7 Å². The summed E-state index contributed by atoms with van der Waals surface area (Å²) in [5.41, 5.74) is 6.86. The number of halogens is 1. The molecule has 1 aromatic rings. The van der Waals surface area contributed by atoms with E-state index in [2.05, 4.69) is 25.2 Å². The maximum absolute atomic E-state index is 12.4. The SMILES string of the molecule is CC(C)C(C)(CN)NC(=O)c1cc2c(s1)CCCC2.Cl. The van der Waals surface area contributed by atoms with Crippen LogP contribution in [-0.2, 0) is 12.8 Å². The van der Waals surface area contributed by atoms with Crippen molar-refractivity contribution in [1.82, 2.24) is 5.32 Å². The number of rotatable bonds is 4. The number of carbonyl (C=O) groups excluding carboxylic acids is 1. The molecule has 20 heavy (non-hydrogen) atoms. The number of nitrogens with two attached hydrogens (primary N) is 1. The number of thiophene rings is 1. The fourth-order valence-electron chi connectivity index (χ4n) is 2.35. The second-order valence-corrected chi connectivity index (χ2v) is 7.13. The molecule has 0 saturated carbocycles. The van der Waals surface area contributed by atoms with E-state index in [1.807, 2.05) is 6.92 Å². The Bertz CT molecular complexity index is 449. The van der Waals surface area contributed by atoms with Gasteiger partial charge in [-0.15, -0.1) is 23.7 Å². The molecule has 3 nitrogen and oxygen atoms in total. The van der Waals surface area contributed by atoms with Crippen molar-refractivity contribution in [3.8, 4) is 0 Å². The van der Waals surface area contributed by atoms with Crippen LogP contribution < -0.4 is 11.1 Å². The summed E-state index contributed by atoms with van der Waals surface area (Å²) in [4.78, 5) is 14.6. The lowest BCUT2D eigenvalue weighted by Crippen LogP contribution is -2.54. The van der Waals surface area contributed by atoms with Crippen LogP contribution in [0, 0.1) is 5.92 Å². The lowest BCUT2D eigenvalue weighted by atomic mass is 9.88. The van der Waals surface area contributed by atoms with Crippen LogP contribution in [0.25, 0.3) is 0 Å². The van der Waals surface area contributed by atoms with Crippen molar-refractivity contribution in [2.75, 3.05) is 6.54 Å². The van der Waals surface area contributed by atoms with Crippen molar-refractivity contribution in [3.05, 3.63) is 21.4 Å². The highest BCUT2D eigenvalue weighted by atomic mass is 35.5. The first-order valence-corrected chi connectivity index (χ1v) is 7.92. The monoisotopic (exact) mass is 316 g/mol. The lowest BCUT2D eigenvalue weighted by Gasteiger charge is -2.33. The molecule has 2 rings (SSSR count). The van der Waals surface area contributed by atoms with Crippen LogP contribution in [0.2, 0.25) is 0 Å². The molecule has 0 aliphatic heterocycles. The molecule has 1 aliphatic rings. The van der Waals surface area contributed by atoms with Crippen LogP contribution in [0.15, 0.2) is 6.07 Å². The van der Waals surface area contributed by atoms with Gasteiger partial charge in [-0.05, 0) is 50.2 Å². The molecule has 0 fully saturated rings. The van der Waals surface area contributed by atoms with Gasteiger partial charge in [0.1, 0.15) is 0 Å². The van der Waals surface area contributed by atoms with Crippen molar-refractivity contribution < 1.29 is 4.79 Å². The van der Waals surface area contributed by atoms with Gasteiger partial charge in [-0.3, -0.25) is 4.79 Å².